The molecule has 178 valence electrons. The Balaban J connectivity index is 1.46. The molecule has 0 saturated heterocycles. The molecule has 0 amide bonds. The summed E-state index contributed by atoms with van der Waals surface area (Å²) >= 11 is 1.72. The van der Waals surface area contributed by atoms with E-state index >= 15 is 0 Å². The third kappa shape index (κ3) is 4.72. The minimum atomic E-state index is 0.815. The number of aromatic nitrogens is 2. The molecule has 3 nitrogen and oxygen atoms in total. The number of hydrogen-bond donors (Lipinski definition) is 0. The number of nitrogens with zero attached hydrogens (tertiary/aromatic N) is 3. The van der Waals surface area contributed by atoms with Crippen LogP contribution in [-0.2, 0) is 7.05 Å². The normalized spacial score (nSPS) is 11.4. The Hall–Kier alpha value is -4.41. The average Bonchev–Trinajstić information content (AvgIpc) is 3.29. The van der Waals surface area contributed by atoms with Crippen LogP contribution in [0.15, 0.2) is 142 Å². The summed E-state index contributed by atoms with van der Waals surface area (Å²) < 4.78 is 2.15. The van der Waals surface area contributed by atoms with Crippen LogP contribution < -0.4 is 0 Å². The van der Waals surface area contributed by atoms with Crippen molar-refractivity contribution in [3.63, 3.8) is 0 Å². The number of imidazole rings is 1. The lowest BCUT2D eigenvalue weighted by Crippen LogP contribution is -1.97. The highest BCUT2D eigenvalue weighted by molar-refractivity contribution is 7.99. The molecule has 0 N–H and O–H groups in total. The molecule has 1 heterocycles. The summed E-state index contributed by atoms with van der Waals surface area (Å²) in [6.45, 7) is 0. The van der Waals surface area contributed by atoms with E-state index in [1.165, 1.54) is 10.5 Å². The zero-order valence-corrected chi connectivity index (χ0v) is 21.3. The summed E-state index contributed by atoms with van der Waals surface area (Å²) in [6, 6.07) is 44.0. The van der Waals surface area contributed by atoms with Crippen molar-refractivity contribution in [2.45, 2.75) is 9.79 Å². The molecule has 6 rings (SSSR count). The molecular weight excluding hydrogens is 470 g/mol. The van der Waals surface area contributed by atoms with Crippen molar-refractivity contribution >= 4 is 34.7 Å². The molecule has 0 unspecified atom stereocenters. The van der Waals surface area contributed by atoms with Crippen molar-refractivity contribution in [2.24, 2.45) is 12.0 Å². The van der Waals surface area contributed by atoms with Crippen molar-refractivity contribution < 1.29 is 0 Å². The van der Waals surface area contributed by atoms with Crippen LogP contribution in [0.1, 0.15) is 5.82 Å². The molecule has 0 saturated carbocycles. The van der Waals surface area contributed by atoms with Crippen LogP contribution in [0.25, 0.3) is 33.3 Å². The van der Waals surface area contributed by atoms with Crippen molar-refractivity contribution in [1.29, 1.82) is 0 Å². The van der Waals surface area contributed by atoms with Gasteiger partial charge in [-0.1, -0.05) is 115 Å². The van der Waals surface area contributed by atoms with Gasteiger partial charge in [0.15, 0.2) is 5.82 Å². The lowest BCUT2D eigenvalue weighted by atomic mass is 9.98. The molecule has 6 aromatic rings. The molecule has 0 aliphatic rings. The van der Waals surface area contributed by atoms with E-state index in [0.717, 1.165) is 44.1 Å². The topological polar surface area (TPSA) is 30.2 Å². The van der Waals surface area contributed by atoms with Gasteiger partial charge in [0.25, 0.3) is 0 Å². The van der Waals surface area contributed by atoms with Crippen LogP contribution in [0.3, 0.4) is 0 Å². The monoisotopic (exact) mass is 495 g/mol. The molecule has 4 heteroatoms. The minimum Gasteiger partial charge on any atom is -0.326 e. The van der Waals surface area contributed by atoms with Gasteiger partial charge in [-0.2, -0.15) is 0 Å². The Morgan fingerprint density at radius 2 is 1.22 bits per heavy atom. The number of rotatable bonds is 6. The number of fused-ring (bicyclic) bond motifs is 1. The lowest BCUT2D eigenvalue weighted by molar-refractivity contribution is 0.935. The van der Waals surface area contributed by atoms with E-state index < -0.39 is 0 Å². The van der Waals surface area contributed by atoms with Crippen molar-refractivity contribution in [3.8, 4) is 22.3 Å². The van der Waals surface area contributed by atoms with E-state index in [4.69, 9.17) is 9.98 Å². The van der Waals surface area contributed by atoms with Gasteiger partial charge in [0.1, 0.15) is 0 Å². The summed E-state index contributed by atoms with van der Waals surface area (Å²) in [4.78, 5) is 12.3. The van der Waals surface area contributed by atoms with Crippen LogP contribution in [0.2, 0.25) is 0 Å². The Morgan fingerprint density at radius 1 is 0.649 bits per heavy atom. The maximum absolute atomic E-state index is 5.11. The zero-order chi connectivity index (χ0) is 25.0. The number of aryl methyl sites for hydroxylation is 1. The summed E-state index contributed by atoms with van der Waals surface area (Å²) in [5.74, 6) is 0.815. The second kappa shape index (κ2) is 10.3. The zero-order valence-electron chi connectivity index (χ0n) is 20.5. The Kier molecular flexibility index (Phi) is 6.40. The maximum Gasteiger partial charge on any atom is 0.152 e. The Bertz CT molecular complexity index is 1690. The molecule has 0 spiro atoms. The van der Waals surface area contributed by atoms with Gasteiger partial charge in [-0.25, -0.2) is 4.98 Å². The van der Waals surface area contributed by atoms with E-state index in [1.54, 1.807) is 11.8 Å². The molecule has 1 aromatic heterocycles. The average molecular weight is 496 g/mol. The second-order valence-corrected chi connectivity index (χ2v) is 9.88. The number of para-hydroxylation sites is 1. The number of hydrogen-bond acceptors (Lipinski definition) is 3. The Morgan fingerprint density at radius 3 is 1.92 bits per heavy atom. The maximum atomic E-state index is 5.11. The molecular formula is C33H25N3S. The van der Waals surface area contributed by atoms with Crippen LogP contribution in [0.4, 0.5) is 5.69 Å². The van der Waals surface area contributed by atoms with E-state index in [2.05, 4.69) is 115 Å². The molecule has 5 aromatic carbocycles. The summed E-state index contributed by atoms with van der Waals surface area (Å²) in [5.41, 5.74) is 7.59. The summed E-state index contributed by atoms with van der Waals surface area (Å²) in [6.07, 6.45) is 1.88. The number of benzene rings is 5. The van der Waals surface area contributed by atoms with E-state index in [1.807, 2.05) is 30.5 Å². The summed E-state index contributed by atoms with van der Waals surface area (Å²) in [5, 5.41) is 0. The van der Waals surface area contributed by atoms with Crippen LogP contribution in [0, 0.1) is 0 Å². The molecule has 0 radical (unpaired) electrons. The fourth-order valence-corrected chi connectivity index (χ4v) is 5.47. The highest BCUT2D eigenvalue weighted by Gasteiger charge is 2.16. The van der Waals surface area contributed by atoms with E-state index in [-0.39, 0.29) is 0 Å². The first-order chi connectivity index (χ1) is 18.3. The van der Waals surface area contributed by atoms with Crippen molar-refractivity contribution in [2.75, 3.05) is 0 Å². The molecule has 0 aliphatic carbocycles. The van der Waals surface area contributed by atoms with Gasteiger partial charge in [-0.15, -0.1) is 0 Å². The molecule has 0 atom stereocenters. The highest BCUT2D eigenvalue weighted by atomic mass is 32.2. The first-order valence-corrected chi connectivity index (χ1v) is 13.1. The number of aliphatic imine (C=N–C) groups is 1. The molecule has 0 bridgehead atoms. The smallest absolute Gasteiger partial charge is 0.152 e. The van der Waals surface area contributed by atoms with Crippen LogP contribution in [0.5, 0.6) is 0 Å². The van der Waals surface area contributed by atoms with Crippen molar-refractivity contribution in [3.05, 3.63) is 133 Å². The first-order valence-electron chi connectivity index (χ1n) is 12.2. The van der Waals surface area contributed by atoms with Gasteiger partial charge in [0.2, 0.25) is 0 Å². The van der Waals surface area contributed by atoms with E-state index in [9.17, 15) is 0 Å². The predicted molar refractivity (Wildman–Crippen MR) is 156 cm³/mol. The Labute approximate surface area is 221 Å². The highest BCUT2D eigenvalue weighted by Crippen LogP contribution is 2.37. The van der Waals surface area contributed by atoms with Gasteiger partial charge < -0.3 is 4.57 Å². The molecule has 37 heavy (non-hydrogen) atoms. The SMILES string of the molecule is Cn1c(C=Nc2ccccc2Sc2ccccc2)nc2c(-c3ccccc3)ccc(-c3ccccc3)c21. The fraction of sp³-hybridized carbons (Fsp3) is 0.0303. The van der Waals surface area contributed by atoms with E-state index in [0.29, 0.717) is 0 Å². The predicted octanol–water partition coefficient (Wildman–Crippen LogP) is 8.81. The minimum absolute atomic E-state index is 0.815. The third-order valence-electron chi connectivity index (χ3n) is 6.38. The standard InChI is InChI=1S/C33H25N3S/c1-36-31(23-34-29-19-11-12-20-30(29)37-26-17-9-4-10-18-26)35-32-27(24-13-5-2-6-14-24)21-22-28(33(32)36)25-15-7-3-8-16-25/h2-23H,1H3. The lowest BCUT2D eigenvalue weighted by Gasteiger charge is -2.10. The van der Waals surface area contributed by atoms with Gasteiger partial charge in [-0.05, 0) is 35.4 Å². The first kappa shape index (κ1) is 23.0. The quantitative estimate of drug-likeness (QED) is 0.216. The van der Waals surface area contributed by atoms with Crippen LogP contribution in [-0.4, -0.2) is 15.8 Å². The molecule has 0 aliphatic heterocycles. The fourth-order valence-electron chi connectivity index (χ4n) is 4.55. The van der Waals surface area contributed by atoms with Gasteiger partial charge in [0.05, 0.1) is 22.9 Å². The van der Waals surface area contributed by atoms with Gasteiger partial charge >= 0.3 is 0 Å². The largest absolute Gasteiger partial charge is 0.326 e. The summed E-state index contributed by atoms with van der Waals surface area (Å²) in [7, 11) is 2.07. The second-order valence-electron chi connectivity index (χ2n) is 8.76. The van der Waals surface area contributed by atoms with Crippen molar-refractivity contribution in [1.82, 2.24) is 9.55 Å². The van der Waals surface area contributed by atoms with Crippen LogP contribution >= 0.6 is 11.8 Å². The molecule has 0 fully saturated rings. The van der Waals surface area contributed by atoms with Gasteiger partial charge in [-0.3, -0.25) is 4.99 Å². The van der Waals surface area contributed by atoms with Gasteiger partial charge in [0, 0.05) is 28.0 Å². The third-order valence-corrected chi connectivity index (χ3v) is 7.45.